The Morgan fingerprint density at radius 2 is 1.84 bits per heavy atom. The van der Waals surface area contributed by atoms with Crippen LogP contribution in [-0.4, -0.2) is 31.8 Å². The Morgan fingerprint density at radius 3 is 2.54 bits per heavy atom. The summed E-state index contributed by atoms with van der Waals surface area (Å²) in [4.78, 5) is 16.5. The molecule has 1 unspecified atom stereocenters. The molecular weight excluding hydrogens is 473 g/mol. The van der Waals surface area contributed by atoms with Gasteiger partial charge in [0.15, 0.2) is 0 Å². The lowest BCUT2D eigenvalue weighted by atomic mass is 9.91. The minimum Gasteiger partial charge on any atom is -0.497 e. The summed E-state index contributed by atoms with van der Waals surface area (Å²) in [5.74, 6) is 2.13. The summed E-state index contributed by atoms with van der Waals surface area (Å²) in [7, 11) is 2.97. The monoisotopic (exact) mass is 507 g/mol. The molecule has 1 fully saturated rings. The first-order valence-electron chi connectivity index (χ1n) is 12.6. The van der Waals surface area contributed by atoms with Crippen LogP contribution in [-0.2, 0) is 16.1 Å². The minimum absolute atomic E-state index is 0.127. The normalized spacial score (nSPS) is 13.8. The summed E-state index contributed by atoms with van der Waals surface area (Å²) in [5.41, 5.74) is 2.65. The average Bonchev–Trinajstić information content (AvgIpc) is 3.75. The van der Waals surface area contributed by atoms with Crippen molar-refractivity contribution in [2.75, 3.05) is 20.8 Å². The van der Waals surface area contributed by atoms with E-state index in [1.165, 1.54) is 13.2 Å². The summed E-state index contributed by atoms with van der Waals surface area (Å²) in [5, 5.41) is 0. The molecule has 1 aliphatic rings. The van der Waals surface area contributed by atoms with Crippen LogP contribution in [0.2, 0.25) is 0 Å². The molecule has 2 aromatic carbocycles. The molecular formula is C30H34FNO5. The molecule has 1 heterocycles. The second-order valence-electron chi connectivity index (χ2n) is 9.81. The molecule has 3 aromatic rings. The number of rotatable bonds is 12. The average molecular weight is 508 g/mol. The number of ether oxygens (including phenoxy) is 4. The Labute approximate surface area is 217 Å². The number of hydrogen-bond acceptors (Lipinski definition) is 6. The summed E-state index contributed by atoms with van der Waals surface area (Å²) < 4.78 is 37.0. The number of aromatic nitrogens is 1. The van der Waals surface area contributed by atoms with Gasteiger partial charge in [0.25, 0.3) is 0 Å². The first-order valence-corrected chi connectivity index (χ1v) is 12.6. The number of methoxy groups -OCH3 is 2. The van der Waals surface area contributed by atoms with Crippen molar-refractivity contribution < 1.29 is 28.1 Å². The summed E-state index contributed by atoms with van der Waals surface area (Å²) in [6.45, 7) is 4.80. The fraction of sp³-hybridized carbons (Fsp3) is 0.400. The zero-order valence-corrected chi connectivity index (χ0v) is 21.8. The Hall–Kier alpha value is -3.61. The molecule has 0 radical (unpaired) electrons. The maximum Gasteiger partial charge on any atom is 0.306 e. The van der Waals surface area contributed by atoms with Crippen LogP contribution in [0.1, 0.15) is 50.3 Å². The second kappa shape index (κ2) is 12.1. The van der Waals surface area contributed by atoms with E-state index in [1.807, 2.05) is 24.3 Å². The van der Waals surface area contributed by atoms with E-state index in [2.05, 4.69) is 18.8 Å². The summed E-state index contributed by atoms with van der Waals surface area (Å²) in [6.07, 6.45) is 4.22. The van der Waals surface area contributed by atoms with E-state index >= 15 is 0 Å². The minimum atomic E-state index is -0.380. The van der Waals surface area contributed by atoms with E-state index in [4.69, 9.17) is 18.9 Å². The SMILES string of the molecule is COC(=O)CC(c1cccc(OCc2cc(OCC(C)C)c(-c3cc(OC)ccc3F)cn2)c1)C1CC1. The third-order valence-electron chi connectivity index (χ3n) is 6.44. The molecule has 0 bridgehead atoms. The molecule has 1 atom stereocenters. The molecule has 0 spiro atoms. The first kappa shape index (κ1) is 26.5. The number of carbonyl (C=O) groups is 1. The van der Waals surface area contributed by atoms with Gasteiger partial charge < -0.3 is 18.9 Å². The largest absolute Gasteiger partial charge is 0.497 e. The molecule has 6 nitrogen and oxygen atoms in total. The number of benzene rings is 2. The standard InChI is InChI=1S/C30H34FNO5/c1-19(2)17-37-29-13-22(32-16-27(29)26-14-23(34-3)10-11-28(26)31)18-36-24-7-5-6-21(12-24)25(20-8-9-20)15-30(33)35-4/h5-7,10-14,16,19-20,25H,8-9,15,17-18H2,1-4H3. The molecule has 0 aliphatic heterocycles. The van der Waals surface area contributed by atoms with E-state index in [1.54, 1.807) is 31.5 Å². The van der Waals surface area contributed by atoms with Crippen molar-refractivity contribution in [1.29, 1.82) is 0 Å². The third-order valence-corrected chi connectivity index (χ3v) is 6.44. The van der Waals surface area contributed by atoms with E-state index < -0.39 is 0 Å². The number of halogens is 1. The molecule has 4 rings (SSSR count). The molecule has 7 heteroatoms. The van der Waals surface area contributed by atoms with Crippen molar-refractivity contribution in [1.82, 2.24) is 4.98 Å². The van der Waals surface area contributed by atoms with Gasteiger partial charge in [0.05, 0.1) is 32.9 Å². The molecule has 0 amide bonds. The molecule has 1 saturated carbocycles. The Morgan fingerprint density at radius 1 is 1.03 bits per heavy atom. The van der Waals surface area contributed by atoms with Gasteiger partial charge in [0, 0.05) is 23.4 Å². The van der Waals surface area contributed by atoms with Crippen LogP contribution in [0.15, 0.2) is 54.7 Å². The lowest BCUT2D eigenvalue weighted by Crippen LogP contribution is -2.10. The summed E-state index contributed by atoms with van der Waals surface area (Å²) >= 11 is 0. The van der Waals surface area contributed by atoms with Crippen molar-refractivity contribution in [3.05, 3.63) is 71.8 Å². The Balaban J connectivity index is 1.54. The maximum absolute atomic E-state index is 14.7. The van der Waals surface area contributed by atoms with Crippen molar-refractivity contribution in [3.8, 4) is 28.4 Å². The molecule has 37 heavy (non-hydrogen) atoms. The highest BCUT2D eigenvalue weighted by Crippen LogP contribution is 2.45. The Bertz CT molecular complexity index is 1220. The highest BCUT2D eigenvalue weighted by molar-refractivity contribution is 5.72. The lowest BCUT2D eigenvalue weighted by Gasteiger charge is -2.17. The zero-order chi connectivity index (χ0) is 26.4. The molecule has 1 aromatic heterocycles. The van der Waals surface area contributed by atoms with Crippen LogP contribution in [0.25, 0.3) is 11.1 Å². The molecule has 196 valence electrons. The number of nitrogens with zero attached hydrogens (tertiary/aromatic N) is 1. The van der Waals surface area contributed by atoms with Crippen molar-refractivity contribution in [2.24, 2.45) is 11.8 Å². The smallest absolute Gasteiger partial charge is 0.306 e. The number of hydrogen-bond donors (Lipinski definition) is 0. The van der Waals surface area contributed by atoms with Gasteiger partial charge in [0.1, 0.15) is 29.7 Å². The Kier molecular flexibility index (Phi) is 8.64. The highest BCUT2D eigenvalue weighted by atomic mass is 19.1. The van der Waals surface area contributed by atoms with Gasteiger partial charge in [-0.15, -0.1) is 0 Å². The van der Waals surface area contributed by atoms with Crippen LogP contribution >= 0.6 is 0 Å². The molecule has 0 saturated heterocycles. The van der Waals surface area contributed by atoms with Crippen LogP contribution < -0.4 is 14.2 Å². The number of esters is 1. The van der Waals surface area contributed by atoms with Crippen LogP contribution in [0.3, 0.4) is 0 Å². The van der Waals surface area contributed by atoms with Gasteiger partial charge in [-0.05, 0) is 66.5 Å². The van der Waals surface area contributed by atoms with Gasteiger partial charge in [-0.3, -0.25) is 9.78 Å². The highest BCUT2D eigenvalue weighted by Gasteiger charge is 2.34. The van der Waals surface area contributed by atoms with Gasteiger partial charge in [0.2, 0.25) is 0 Å². The van der Waals surface area contributed by atoms with Crippen molar-refractivity contribution >= 4 is 5.97 Å². The van der Waals surface area contributed by atoms with E-state index in [-0.39, 0.29) is 24.3 Å². The van der Waals surface area contributed by atoms with E-state index in [9.17, 15) is 9.18 Å². The lowest BCUT2D eigenvalue weighted by molar-refractivity contribution is -0.141. The topological polar surface area (TPSA) is 66.9 Å². The third kappa shape index (κ3) is 7.00. The molecule has 1 aliphatic carbocycles. The molecule has 0 N–H and O–H groups in total. The fourth-order valence-electron chi connectivity index (χ4n) is 4.28. The predicted molar refractivity (Wildman–Crippen MR) is 139 cm³/mol. The zero-order valence-electron chi connectivity index (χ0n) is 21.8. The first-order chi connectivity index (χ1) is 17.9. The summed E-state index contributed by atoms with van der Waals surface area (Å²) in [6, 6.07) is 14.2. The predicted octanol–water partition coefficient (Wildman–Crippen LogP) is 6.57. The van der Waals surface area contributed by atoms with E-state index in [0.29, 0.717) is 58.9 Å². The van der Waals surface area contributed by atoms with E-state index in [0.717, 1.165) is 18.4 Å². The van der Waals surface area contributed by atoms with Gasteiger partial charge in [-0.2, -0.15) is 0 Å². The fourth-order valence-corrected chi connectivity index (χ4v) is 4.28. The number of carbonyl (C=O) groups excluding carboxylic acids is 1. The van der Waals surface area contributed by atoms with Gasteiger partial charge in [-0.25, -0.2) is 4.39 Å². The quantitative estimate of drug-likeness (QED) is 0.259. The van der Waals surface area contributed by atoms with Gasteiger partial charge in [-0.1, -0.05) is 26.0 Å². The van der Waals surface area contributed by atoms with Crippen molar-refractivity contribution in [2.45, 2.75) is 45.6 Å². The van der Waals surface area contributed by atoms with Crippen LogP contribution in [0.5, 0.6) is 17.2 Å². The van der Waals surface area contributed by atoms with Crippen LogP contribution in [0.4, 0.5) is 4.39 Å². The number of pyridine rings is 1. The van der Waals surface area contributed by atoms with Crippen LogP contribution in [0, 0.1) is 17.7 Å². The van der Waals surface area contributed by atoms with Gasteiger partial charge >= 0.3 is 5.97 Å². The van der Waals surface area contributed by atoms with Crippen molar-refractivity contribution in [3.63, 3.8) is 0 Å². The maximum atomic E-state index is 14.7. The second-order valence-corrected chi connectivity index (χ2v) is 9.81.